The van der Waals surface area contributed by atoms with Crippen molar-refractivity contribution in [3.63, 3.8) is 0 Å². The minimum absolute atomic E-state index is 0.604. The van der Waals surface area contributed by atoms with Gasteiger partial charge in [0.05, 0.1) is 18.3 Å². The lowest BCUT2D eigenvalue weighted by molar-refractivity contribution is 0.501. The van der Waals surface area contributed by atoms with Crippen LogP contribution in [-0.4, -0.2) is 31.1 Å². The lowest BCUT2D eigenvalue weighted by Crippen LogP contribution is -2.39. The molecule has 0 aliphatic heterocycles. The van der Waals surface area contributed by atoms with Gasteiger partial charge in [-0.1, -0.05) is 18.2 Å². The monoisotopic (exact) mass is 323 g/mol. The van der Waals surface area contributed by atoms with Crippen LogP contribution in [0.3, 0.4) is 0 Å². The molecular weight excluding hydrogens is 302 g/mol. The zero-order valence-electron chi connectivity index (χ0n) is 13.6. The molecule has 3 N–H and O–H groups in total. The summed E-state index contributed by atoms with van der Waals surface area (Å²) < 4.78 is 5.28. The third-order valence-electron chi connectivity index (χ3n) is 3.56. The first-order valence-corrected chi connectivity index (χ1v) is 7.92. The standard InChI is InChI=1S/C18H21N5O/c1-19-18(22-13-15-6-4-12-24-15)21-11-10-20-17-9-8-14-5-2-3-7-16(14)23-17/h2-9,12H,10-11,13H2,1H3,(H,20,23)(H2,19,21,22). The summed E-state index contributed by atoms with van der Waals surface area (Å²) in [5.74, 6) is 2.48. The van der Waals surface area contributed by atoms with Gasteiger partial charge in [-0.2, -0.15) is 0 Å². The molecular formula is C18H21N5O. The molecule has 0 bridgehead atoms. The van der Waals surface area contributed by atoms with E-state index in [9.17, 15) is 0 Å². The number of benzene rings is 1. The van der Waals surface area contributed by atoms with Gasteiger partial charge in [0, 0.05) is 25.5 Å². The number of nitrogens with zero attached hydrogens (tertiary/aromatic N) is 2. The van der Waals surface area contributed by atoms with Crippen molar-refractivity contribution in [3.05, 3.63) is 60.6 Å². The number of aliphatic imine (C=N–C) groups is 1. The number of aromatic nitrogens is 1. The maximum absolute atomic E-state index is 5.28. The molecule has 0 saturated heterocycles. The van der Waals surface area contributed by atoms with Crippen molar-refractivity contribution >= 4 is 22.7 Å². The average molecular weight is 323 g/mol. The van der Waals surface area contributed by atoms with Crippen LogP contribution < -0.4 is 16.0 Å². The maximum atomic E-state index is 5.28. The molecule has 0 aliphatic carbocycles. The lowest BCUT2D eigenvalue weighted by Gasteiger charge is -2.12. The van der Waals surface area contributed by atoms with Crippen molar-refractivity contribution in [1.82, 2.24) is 15.6 Å². The topological polar surface area (TPSA) is 74.5 Å². The van der Waals surface area contributed by atoms with E-state index in [0.29, 0.717) is 6.54 Å². The first kappa shape index (κ1) is 15.9. The average Bonchev–Trinajstić information content (AvgIpc) is 3.14. The van der Waals surface area contributed by atoms with Crippen LogP contribution in [0.1, 0.15) is 5.76 Å². The molecule has 0 saturated carbocycles. The van der Waals surface area contributed by atoms with E-state index in [1.807, 2.05) is 36.4 Å². The van der Waals surface area contributed by atoms with Crippen LogP contribution >= 0.6 is 0 Å². The highest BCUT2D eigenvalue weighted by atomic mass is 16.3. The Balaban J connectivity index is 1.43. The number of fused-ring (bicyclic) bond motifs is 1. The van der Waals surface area contributed by atoms with Crippen molar-refractivity contribution in [1.29, 1.82) is 0 Å². The van der Waals surface area contributed by atoms with E-state index in [1.165, 1.54) is 0 Å². The molecule has 6 nitrogen and oxygen atoms in total. The minimum Gasteiger partial charge on any atom is -0.467 e. The molecule has 124 valence electrons. The summed E-state index contributed by atoms with van der Waals surface area (Å²) in [6, 6.07) is 15.9. The Kier molecular flexibility index (Phi) is 5.29. The molecule has 3 aromatic rings. The number of furan rings is 1. The number of hydrogen-bond donors (Lipinski definition) is 3. The summed E-state index contributed by atoms with van der Waals surface area (Å²) in [5, 5.41) is 10.9. The highest BCUT2D eigenvalue weighted by Gasteiger charge is 2.00. The van der Waals surface area contributed by atoms with Crippen molar-refractivity contribution in [2.24, 2.45) is 4.99 Å². The number of pyridine rings is 1. The van der Waals surface area contributed by atoms with Crippen LogP contribution in [0.2, 0.25) is 0 Å². The van der Waals surface area contributed by atoms with E-state index in [2.05, 4.69) is 38.1 Å². The predicted octanol–water partition coefficient (Wildman–Crippen LogP) is 2.60. The molecule has 0 radical (unpaired) electrons. The molecule has 0 atom stereocenters. The number of rotatable bonds is 6. The molecule has 0 aliphatic rings. The lowest BCUT2D eigenvalue weighted by atomic mass is 10.2. The summed E-state index contributed by atoms with van der Waals surface area (Å²) in [5.41, 5.74) is 0.992. The normalized spacial score (nSPS) is 11.5. The van der Waals surface area contributed by atoms with Gasteiger partial charge in [0.1, 0.15) is 11.6 Å². The van der Waals surface area contributed by atoms with E-state index >= 15 is 0 Å². The van der Waals surface area contributed by atoms with Gasteiger partial charge in [-0.3, -0.25) is 4.99 Å². The van der Waals surface area contributed by atoms with Gasteiger partial charge in [0.15, 0.2) is 5.96 Å². The summed E-state index contributed by atoms with van der Waals surface area (Å²) in [4.78, 5) is 8.77. The van der Waals surface area contributed by atoms with Crippen LogP contribution in [0.5, 0.6) is 0 Å². The van der Waals surface area contributed by atoms with Crippen LogP contribution in [-0.2, 0) is 6.54 Å². The quantitative estimate of drug-likeness (QED) is 0.369. The maximum Gasteiger partial charge on any atom is 0.191 e. The van der Waals surface area contributed by atoms with Gasteiger partial charge in [-0.05, 0) is 30.3 Å². The highest BCUT2D eigenvalue weighted by Crippen LogP contribution is 2.14. The minimum atomic E-state index is 0.604. The number of anilines is 1. The fraction of sp³-hybridized carbons (Fsp3) is 0.222. The number of para-hydroxylation sites is 1. The predicted molar refractivity (Wildman–Crippen MR) is 97.1 cm³/mol. The molecule has 0 unspecified atom stereocenters. The second-order valence-corrected chi connectivity index (χ2v) is 5.25. The van der Waals surface area contributed by atoms with Crippen LogP contribution in [0.4, 0.5) is 5.82 Å². The Hall–Kier alpha value is -3.02. The Labute approximate surface area is 141 Å². The third-order valence-corrected chi connectivity index (χ3v) is 3.56. The highest BCUT2D eigenvalue weighted by molar-refractivity contribution is 5.80. The second-order valence-electron chi connectivity index (χ2n) is 5.25. The van der Waals surface area contributed by atoms with E-state index in [-0.39, 0.29) is 0 Å². The van der Waals surface area contributed by atoms with E-state index in [4.69, 9.17) is 4.42 Å². The molecule has 0 spiro atoms. The molecule has 2 heterocycles. The number of nitrogens with one attached hydrogen (secondary N) is 3. The molecule has 0 amide bonds. The Morgan fingerprint density at radius 3 is 2.79 bits per heavy atom. The van der Waals surface area contributed by atoms with Gasteiger partial charge >= 0.3 is 0 Å². The summed E-state index contributed by atoms with van der Waals surface area (Å²) >= 11 is 0. The summed E-state index contributed by atoms with van der Waals surface area (Å²) in [6.45, 7) is 2.07. The van der Waals surface area contributed by atoms with E-state index in [0.717, 1.165) is 41.5 Å². The third kappa shape index (κ3) is 4.25. The molecule has 2 aromatic heterocycles. The molecule has 1 aromatic carbocycles. The van der Waals surface area contributed by atoms with Crippen molar-refractivity contribution < 1.29 is 4.42 Å². The van der Waals surface area contributed by atoms with Crippen LogP contribution in [0.25, 0.3) is 10.9 Å². The van der Waals surface area contributed by atoms with Crippen LogP contribution in [0, 0.1) is 0 Å². The van der Waals surface area contributed by atoms with Gasteiger partial charge in [0.2, 0.25) is 0 Å². The SMILES string of the molecule is CN=C(NCCNc1ccc2ccccc2n1)NCc1ccco1. The Bertz CT molecular complexity index is 798. The van der Waals surface area contributed by atoms with E-state index in [1.54, 1.807) is 13.3 Å². The molecule has 0 fully saturated rings. The zero-order valence-corrected chi connectivity index (χ0v) is 13.6. The first-order chi connectivity index (χ1) is 11.8. The zero-order chi connectivity index (χ0) is 16.6. The largest absolute Gasteiger partial charge is 0.467 e. The first-order valence-electron chi connectivity index (χ1n) is 7.92. The van der Waals surface area contributed by atoms with Gasteiger partial charge < -0.3 is 20.4 Å². The molecule has 24 heavy (non-hydrogen) atoms. The summed E-state index contributed by atoms with van der Waals surface area (Å²) in [7, 11) is 1.75. The van der Waals surface area contributed by atoms with Crippen molar-refractivity contribution in [3.8, 4) is 0 Å². The molecule has 3 rings (SSSR count). The van der Waals surface area contributed by atoms with Gasteiger partial charge in [0.25, 0.3) is 0 Å². The van der Waals surface area contributed by atoms with Crippen LogP contribution in [0.15, 0.2) is 64.2 Å². The fourth-order valence-electron chi connectivity index (χ4n) is 2.34. The number of guanidine groups is 1. The van der Waals surface area contributed by atoms with Gasteiger partial charge in [-0.15, -0.1) is 0 Å². The molecule has 6 heteroatoms. The smallest absolute Gasteiger partial charge is 0.191 e. The van der Waals surface area contributed by atoms with Gasteiger partial charge in [-0.25, -0.2) is 4.98 Å². The summed E-state index contributed by atoms with van der Waals surface area (Å²) in [6.07, 6.45) is 1.66. The Morgan fingerprint density at radius 2 is 1.96 bits per heavy atom. The second kappa shape index (κ2) is 8.01. The Morgan fingerprint density at radius 1 is 1.04 bits per heavy atom. The number of hydrogen-bond acceptors (Lipinski definition) is 4. The fourth-order valence-corrected chi connectivity index (χ4v) is 2.34. The van der Waals surface area contributed by atoms with Crippen molar-refractivity contribution in [2.75, 3.05) is 25.5 Å². The van der Waals surface area contributed by atoms with Crippen molar-refractivity contribution in [2.45, 2.75) is 6.54 Å². The van der Waals surface area contributed by atoms with E-state index < -0.39 is 0 Å².